The van der Waals surface area contributed by atoms with Crippen LogP contribution in [0.3, 0.4) is 0 Å². The highest BCUT2D eigenvalue weighted by Crippen LogP contribution is 2.19. The Hall–Kier alpha value is 0.177. The van der Waals surface area contributed by atoms with Crippen molar-refractivity contribution in [3.05, 3.63) is 0 Å². The molecule has 0 aromatic heterocycles. The minimum absolute atomic E-state index is 0.545. The van der Waals surface area contributed by atoms with Gasteiger partial charge in [-0.1, -0.05) is 78.1 Å². The summed E-state index contributed by atoms with van der Waals surface area (Å²) in [6.07, 6.45) is 17.0. The molecule has 2 heteroatoms. The molecule has 0 aromatic rings. The van der Waals surface area contributed by atoms with Crippen molar-refractivity contribution in [2.75, 3.05) is 0 Å². The van der Waals surface area contributed by atoms with E-state index in [4.69, 9.17) is 4.43 Å². The van der Waals surface area contributed by atoms with E-state index in [1.54, 1.807) is 0 Å². The van der Waals surface area contributed by atoms with Gasteiger partial charge >= 0.3 is 0 Å². The molecule has 0 saturated carbocycles. The highest BCUT2D eigenvalue weighted by Gasteiger charge is 2.20. The maximum Gasteiger partial charge on any atom is 0.184 e. The lowest BCUT2D eigenvalue weighted by molar-refractivity contribution is 0.165. The third-order valence-corrected chi connectivity index (χ3v) is 4.82. The van der Waals surface area contributed by atoms with E-state index in [0.29, 0.717) is 6.10 Å². The smallest absolute Gasteiger partial charge is 0.184 e. The van der Waals surface area contributed by atoms with Gasteiger partial charge in [-0.2, -0.15) is 0 Å². The van der Waals surface area contributed by atoms with Gasteiger partial charge in [0.2, 0.25) is 0 Å². The molecule has 0 spiro atoms. The van der Waals surface area contributed by atoms with Gasteiger partial charge in [0.1, 0.15) is 0 Å². The third kappa shape index (κ3) is 14.6. The summed E-state index contributed by atoms with van der Waals surface area (Å²) in [7, 11) is -1.37. The lowest BCUT2D eigenvalue weighted by atomic mass is 10.0. The molecule has 1 atom stereocenters. The first-order valence-corrected chi connectivity index (χ1v) is 12.6. The maximum absolute atomic E-state index is 6.37. The van der Waals surface area contributed by atoms with E-state index in [9.17, 15) is 0 Å². The maximum atomic E-state index is 6.37. The molecule has 0 aliphatic carbocycles. The van der Waals surface area contributed by atoms with Crippen LogP contribution in [0.15, 0.2) is 0 Å². The Morgan fingerprint density at radius 3 is 1.55 bits per heavy atom. The number of hydrogen-bond acceptors (Lipinski definition) is 1. The monoisotopic (exact) mass is 300 g/mol. The Morgan fingerprint density at radius 2 is 1.05 bits per heavy atom. The van der Waals surface area contributed by atoms with Gasteiger partial charge in [0.25, 0.3) is 0 Å². The fourth-order valence-electron chi connectivity index (χ4n) is 2.71. The summed E-state index contributed by atoms with van der Waals surface area (Å²) in [5.74, 6) is 0. The van der Waals surface area contributed by atoms with Gasteiger partial charge in [0, 0.05) is 6.10 Å². The Balaban J connectivity index is 3.73. The molecule has 0 radical (unpaired) electrons. The Kier molecular flexibility index (Phi) is 13.0. The molecular formula is C18H40OSi. The molecule has 0 aliphatic rings. The zero-order chi connectivity index (χ0) is 15.3. The second-order valence-electron chi connectivity index (χ2n) is 7.26. The highest BCUT2D eigenvalue weighted by molar-refractivity contribution is 6.69. The molecule has 1 unspecified atom stereocenters. The largest absolute Gasteiger partial charge is 0.415 e. The van der Waals surface area contributed by atoms with Crippen LogP contribution in [0, 0.1) is 0 Å². The first-order chi connectivity index (χ1) is 9.49. The van der Waals surface area contributed by atoms with Crippen LogP contribution >= 0.6 is 0 Å². The van der Waals surface area contributed by atoms with E-state index in [-0.39, 0.29) is 0 Å². The average Bonchev–Trinajstić information content (AvgIpc) is 2.36. The molecule has 0 heterocycles. The van der Waals surface area contributed by atoms with Crippen molar-refractivity contribution in [2.24, 2.45) is 0 Å². The molecule has 0 rings (SSSR count). The van der Waals surface area contributed by atoms with Crippen LogP contribution in [0.4, 0.5) is 0 Å². The minimum Gasteiger partial charge on any atom is -0.415 e. The summed E-state index contributed by atoms with van der Waals surface area (Å²) in [6, 6.07) is 0. The quantitative estimate of drug-likeness (QED) is 0.250. The molecule has 122 valence electrons. The lowest BCUT2D eigenvalue weighted by Crippen LogP contribution is -2.32. The van der Waals surface area contributed by atoms with Crippen molar-refractivity contribution >= 4 is 8.32 Å². The van der Waals surface area contributed by atoms with Gasteiger partial charge in [-0.25, -0.2) is 0 Å². The van der Waals surface area contributed by atoms with E-state index in [0.717, 1.165) is 0 Å². The molecule has 0 aromatic carbocycles. The topological polar surface area (TPSA) is 9.23 Å². The number of rotatable bonds is 14. The zero-order valence-electron chi connectivity index (χ0n) is 15.0. The van der Waals surface area contributed by atoms with Gasteiger partial charge < -0.3 is 4.43 Å². The Labute approximate surface area is 130 Å². The fraction of sp³-hybridized carbons (Fsp3) is 1.00. The molecule has 0 fully saturated rings. The summed E-state index contributed by atoms with van der Waals surface area (Å²) >= 11 is 0. The predicted molar refractivity (Wildman–Crippen MR) is 95.0 cm³/mol. The zero-order valence-corrected chi connectivity index (χ0v) is 16.0. The molecule has 20 heavy (non-hydrogen) atoms. The predicted octanol–water partition coefficient (Wildman–Crippen LogP) is 6.93. The van der Waals surface area contributed by atoms with Crippen LogP contribution in [0.5, 0.6) is 0 Å². The third-order valence-electron chi connectivity index (χ3n) is 3.78. The van der Waals surface area contributed by atoms with Crippen molar-refractivity contribution in [2.45, 2.75) is 117 Å². The van der Waals surface area contributed by atoms with Gasteiger partial charge in [0.15, 0.2) is 8.32 Å². The van der Waals surface area contributed by atoms with Crippen molar-refractivity contribution in [1.29, 1.82) is 0 Å². The van der Waals surface area contributed by atoms with E-state index in [1.165, 1.54) is 77.0 Å². The fourth-order valence-corrected chi connectivity index (χ4v) is 3.95. The van der Waals surface area contributed by atoms with Crippen LogP contribution in [0.1, 0.15) is 90.9 Å². The van der Waals surface area contributed by atoms with Gasteiger partial charge in [-0.05, 0) is 32.5 Å². The SMILES string of the molecule is CCCCCCCCCC(CCCCC)O[Si](C)(C)C. The second kappa shape index (κ2) is 12.9. The minimum atomic E-state index is -1.37. The summed E-state index contributed by atoms with van der Waals surface area (Å²) in [6.45, 7) is 11.5. The van der Waals surface area contributed by atoms with Crippen LogP contribution < -0.4 is 0 Å². The molecule has 0 saturated heterocycles. The van der Waals surface area contributed by atoms with E-state index in [2.05, 4.69) is 33.5 Å². The van der Waals surface area contributed by atoms with Gasteiger partial charge in [-0.15, -0.1) is 0 Å². The van der Waals surface area contributed by atoms with Crippen molar-refractivity contribution in [1.82, 2.24) is 0 Å². The van der Waals surface area contributed by atoms with Gasteiger partial charge in [0.05, 0.1) is 0 Å². The summed E-state index contributed by atoms with van der Waals surface area (Å²) in [4.78, 5) is 0. The highest BCUT2D eigenvalue weighted by atomic mass is 28.4. The van der Waals surface area contributed by atoms with Gasteiger partial charge in [-0.3, -0.25) is 0 Å². The Morgan fingerprint density at radius 1 is 0.650 bits per heavy atom. The van der Waals surface area contributed by atoms with Crippen molar-refractivity contribution in [3.8, 4) is 0 Å². The van der Waals surface area contributed by atoms with E-state index < -0.39 is 8.32 Å². The van der Waals surface area contributed by atoms with Crippen molar-refractivity contribution < 1.29 is 4.43 Å². The molecule has 0 bridgehead atoms. The van der Waals surface area contributed by atoms with E-state index in [1.807, 2.05) is 0 Å². The van der Waals surface area contributed by atoms with E-state index >= 15 is 0 Å². The van der Waals surface area contributed by atoms with Crippen LogP contribution in [0.2, 0.25) is 19.6 Å². The van der Waals surface area contributed by atoms with Crippen LogP contribution in [-0.4, -0.2) is 14.4 Å². The summed E-state index contributed by atoms with van der Waals surface area (Å²) < 4.78 is 6.37. The van der Waals surface area contributed by atoms with Crippen LogP contribution in [0.25, 0.3) is 0 Å². The second-order valence-corrected chi connectivity index (χ2v) is 11.7. The molecule has 1 nitrogen and oxygen atoms in total. The number of unbranched alkanes of at least 4 members (excludes halogenated alkanes) is 8. The van der Waals surface area contributed by atoms with Crippen molar-refractivity contribution in [3.63, 3.8) is 0 Å². The summed E-state index contributed by atoms with van der Waals surface area (Å²) in [5, 5.41) is 0. The number of hydrogen-bond donors (Lipinski definition) is 0. The summed E-state index contributed by atoms with van der Waals surface area (Å²) in [5.41, 5.74) is 0. The molecule has 0 N–H and O–H groups in total. The lowest BCUT2D eigenvalue weighted by Gasteiger charge is -2.26. The molecular weight excluding hydrogens is 260 g/mol. The first kappa shape index (κ1) is 20.2. The van der Waals surface area contributed by atoms with Crippen LogP contribution in [-0.2, 0) is 4.43 Å². The average molecular weight is 301 g/mol. The molecule has 0 aliphatic heterocycles. The normalized spacial score (nSPS) is 13.7. The molecule has 0 amide bonds. The first-order valence-electron chi connectivity index (χ1n) is 9.17. The Bertz CT molecular complexity index is 198. The standard InChI is InChI=1S/C18H40OSi/c1-6-8-10-11-12-13-15-17-18(16-14-9-7-2)19-20(3,4)5/h18H,6-17H2,1-5H3.